The first-order valence-electron chi connectivity index (χ1n) is 9.32. The van der Waals surface area contributed by atoms with Gasteiger partial charge in [-0.25, -0.2) is 0 Å². The molecule has 0 unspecified atom stereocenters. The average molecular weight is 388 g/mol. The predicted octanol–water partition coefficient (Wildman–Crippen LogP) is 3.89. The smallest absolute Gasteiger partial charge is 0.255 e. The fourth-order valence-corrected chi connectivity index (χ4v) is 3.01. The molecule has 0 saturated carbocycles. The lowest BCUT2D eigenvalue weighted by molar-refractivity contribution is -0.115. The number of ether oxygens (including phenoxy) is 2. The van der Waals surface area contributed by atoms with Crippen molar-refractivity contribution in [1.82, 2.24) is 0 Å². The van der Waals surface area contributed by atoms with E-state index in [4.69, 9.17) is 9.47 Å². The van der Waals surface area contributed by atoms with Gasteiger partial charge >= 0.3 is 0 Å². The van der Waals surface area contributed by atoms with Crippen LogP contribution in [-0.2, 0) is 11.2 Å². The first kappa shape index (κ1) is 18.6. The number of hydrogen-bond acceptors (Lipinski definition) is 4. The number of carbonyl (C=O) groups is 2. The third-order valence-corrected chi connectivity index (χ3v) is 4.44. The summed E-state index contributed by atoms with van der Waals surface area (Å²) >= 11 is 0. The molecule has 6 nitrogen and oxygen atoms in total. The molecule has 3 aromatic carbocycles. The van der Waals surface area contributed by atoms with Crippen molar-refractivity contribution in [1.29, 1.82) is 0 Å². The largest absolute Gasteiger partial charge is 0.486 e. The van der Waals surface area contributed by atoms with Gasteiger partial charge in [0.15, 0.2) is 11.5 Å². The van der Waals surface area contributed by atoms with Gasteiger partial charge in [-0.15, -0.1) is 0 Å². The maximum absolute atomic E-state index is 12.5. The second kappa shape index (κ2) is 8.48. The molecule has 146 valence electrons. The Morgan fingerprint density at radius 2 is 1.41 bits per heavy atom. The van der Waals surface area contributed by atoms with Crippen LogP contribution < -0.4 is 20.1 Å². The highest BCUT2D eigenvalue weighted by Gasteiger charge is 2.15. The Hall–Kier alpha value is -3.80. The van der Waals surface area contributed by atoms with Gasteiger partial charge in [-0.2, -0.15) is 0 Å². The number of anilines is 2. The van der Waals surface area contributed by atoms with Crippen LogP contribution in [0.15, 0.2) is 72.8 Å². The lowest BCUT2D eigenvalue weighted by Gasteiger charge is -2.18. The number of fused-ring (bicyclic) bond motifs is 1. The van der Waals surface area contributed by atoms with Crippen LogP contribution in [0.1, 0.15) is 15.9 Å². The zero-order valence-electron chi connectivity index (χ0n) is 15.7. The minimum atomic E-state index is -0.247. The van der Waals surface area contributed by atoms with Crippen molar-refractivity contribution in [2.75, 3.05) is 23.8 Å². The Balaban J connectivity index is 1.35. The SMILES string of the molecule is O=C(Cc1ccccc1)Nc1ccc(NC(=O)c2ccc3c(c2)OCCO3)cc1. The predicted molar refractivity (Wildman–Crippen MR) is 111 cm³/mol. The number of amides is 2. The van der Waals surface area contributed by atoms with Crippen LogP contribution in [0.5, 0.6) is 11.5 Å². The van der Waals surface area contributed by atoms with E-state index in [9.17, 15) is 9.59 Å². The highest BCUT2D eigenvalue weighted by atomic mass is 16.6. The van der Waals surface area contributed by atoms with Crippen LogP contribution in [0.4, 0.5) is 11.4 Å². The fourth-order valence-electron chi connectivity index (χ4n) is 3.01. The Morgan fingerprint density at radius 3 is 2.14 bits per heavy atom. The molecule has 1 heterocycles. The third kappa shape index (κ3) is 4.73. The van der Waals surface area contributed by atoms with Crippen molar-refractivity contribution in [3.63, 3.8) is 0 Å². The maximum atomic E-state index is 12.5. The van der Waals surface area contributed by atoms with Crippen molar-refractivity contribution in [2.45, 2.75) is 6.42 Å². The molecule has 2 N–H and O–H groups in total. The monoisotopic (exact) mass is 388 g/mol. The topological polar surface area (TPSA) is 76.7 Å². The Labute approximate surface area is 168 Å². The minimum absolute atomic E-state index is 0.0933. The zero-order chi connectivity index (χ0) is 20.1. The molecular weight excluding hydrogens is 368 g/mol. The van der Waals surface area contributed by atoms with E-state index in [-0.39, 0.29) is 11.8 Å². The van der Waals surface area contributed by atoms with Gasteiger partial charge in [0.25, 0.3) is 5.91 Å². The average Bonchev–Trinajstić information content (AvgIpc) is 2.75. The molecule has 2 amide bonds. The summed E-state index contributed by atoms with van der Waals surface area (Å²) in [5, 5.41) is 5.69. The Bertz CT molecular complexity index is 1020. The van der Waals surface area contributed by atoms with Gasteiger partial charge in [0.1, 0.15) is 13.2 Å². The maximum Gasteiger partial charge on any atom is 0.255 e. The molecule has 0 atom stereocenters. The highest BCUT2D eigenvalue weighted by Crippen LogP contribution is 2.31. The first-order chi connectivity index (χ1) is 14.2. The normalized spacial score (nSPS) is 12.1. The molecule has 3 aromatic rings. The summed E-state index contributed by atoms with van der Waals surface area (Å²) in [4.78, 5) is 24.6. The van der Waals surface area contributed by atoms with Crippen LogP contribution in [0.2, 0.25) is 0 Å². The lowest BCUT2D eigenvalue weighted by atomic mass is 10.1. The van der Waals surface area contributed by atoms with Gasteiger partial charge in [-0.05, 0) is 48.0 Å². The van der Waals surface area contributed by atoms with Crippen molar-refractivity contribution in [3.05, 3.63) is 83.9 Å². The molecule has 0 aromatic heterocycles. The molecular formula is C23H20N2O4. The van der Waals surface area contributed by atoms with Crippen molar-refractivity contribution >= 4 is 23.2 Å². The van der Waals surface area contributed by atoms with Gasteiger partial charge < -0.3 is 20.1 Å². The summed E-state index contributed by atoms with van der Waals surface area (Å²) in [5.74, 6) is 0.871. The number of nitrogens with one attached hydrogen (secondary N) is 2. The third-order valence-electron chi connectivity index (χ3n) is 4.44. The van der Waals surface area contributed by atoms with E-state index >= 15 is 0 Å². The summed E-state index contributed by atoms with van der Waals surface area (Å²) in [6.45, 7) is 0.975. The molecule has 0 fully saturated rings. The zero-order valence-corrected chi connectivity index (χ0v) is 15.7. The summed E-state index contributed by atoms with van der Waals surface area (Å²) in [6, 6.07) is 21.6. The molecule has 1 aliphatic rings. The molecule has 29 heavy (non-hydrogen) atoms. The number of hydrogen-bond donors (Lipinski definition) is 2. The number of rotatable bonds is 5. The van der Waals surface area contributed by atoms with E-state index in [0.717, 1.165) is 5.56 Å². The standard InChI is InChI=1S/C23H20N2O4/c26-22(14-16-4-2-1-3-5-16)24-18-7-9-19(10-8-18)25-23(27)17-6-11-20-21(15-17)29-13-12-28-20/h1-11,15H,12-14H2,(H,24,26)(H,25,27). The van der Waals surface area contributed by atoms with Crippen LogP contribution in [0, 0.1) is 0 Å². The van der Waals surface area contributed by atoms with Gasteiger partial charge in [-0.3, -0.25) is 9.59 Å². The molecule has 0 radical (unpaired) electrons. The second-order valence-electron chi connectivity index (χ2n) is 6.60. The molecule has 0 spiro atoms. The van der Waals surface area contributed by atoms with E-state index < -0.39 is 0 Å². The van der Waals surface area contributed by atoms with Crippen LogP contribution in [0.25, 0.3) is 0 Å². The number of benzene rings is 3. The lowest BCUT2D eigenvalue weighted by Crippen LogP contribution is -2.17. The number of carbonyl (C=O) groups excluding carboxylic acids is 2. The van der Waals surface area contributed by atoms with Crippen molar-refractivity contribution < 1.29 is 19.1 Å². The van der Waals surface area contributed by atoms with Gasteiger partial charge in [-0.1, -0.05) is 30.3 Å². The van der Waals surface area contributed by atoms with E-state index in [1.807, 2.05) is 30.3 Å². The molecule has 6 heteroatoms. The Kier molecular flexibility index (Phi) is 5.42. The van der Waals surface area contributed by atoms with E-state index in [1.165, 1.54) is 0 Å². The van der Waals surface area contributed by atoms with Crippen molar-refractivity contribution in [2.24, 2.45) is 0 Å². The van der Waals surface area contributed by atoms with Crippen molar-refractivity contribution in [3.8, 4) is 11.5 Å². The summed E-state index contributed by atoms with van der Waals surface area (Å²) in [5.41, 5.74) is 2.73. The quantitative estimate of drug-likeness (QED) is 0.695. The summed E-state index contributed by atoms with van der Waals surface area (Å²) in [7, 11) is 0. The molecule has 0 bridgehead atoms. The Morgan fingerprint density at radius 1 is 0.759 bits per heavy atom. The van der Waals surface area contributed by atoms with E-state index in [0.29, 0.717) is 48.1 Å². The summed E-state index contributed by atoms with van der Waals surface area (Å²) < 4.78 is 11.0. The van der Waals surface area contributed by atoms with Gasteiger partial charge in [0.05, 0.1) is 6.42 Å². The van der Waals surface area contributed by atoms with Gasteiger partial charge in [0, 0.05) is 16.9 Å². The fraction of sp³-hybridized carbons (Fsp3) is 0.130. The van der Waals surface area contributed by atoms with Crippen LogP contribution in [0.3, 0.4) is 0 Å². The minimum Gasteiger partial charge on any atom is -0.486 e. The summed E-state index contributed by atoms with van der Waals surface area (Å²) in [6.07, 6.45) is 0.309. The highest BCUT2D eigenvalue weighted by molar-refractivity contribution is 6.04. The molecule has 4 rings (SSSR count). The molecule has 1 aliphatic heterocycles. The second-order valence-corrected chi connectivity index (χ2v) is 6.60. The van der Waals surface area contributed by atoms with Crippen LogP contribution >= 0.6 is 0 Å². The first-order valence-corrected chi connectivity index (χ1v) is 9.32. The van der Waals surface area contributed by atoms with E-state index in [1.54, 1.807) is 42.5 Å². The van der Waals surface area contributed by atoms with E-state index in [2.05, 4.69) is 10.6 Å². The van der Waals surface area contributed by atoms with Gasteiger partial charge in [0.2, 0.25) is 5.91 Å². The molecule has 0 saturated heterocycles. The van der Waals surface area contributed by atoms with Crippen LogP contribution in [-0.4, -0.2) is 25.0 Å². The molecule has 0 aliphatic carbocycles.